The Morgan fingerprint density at radius 2 is 1.67 bits per heavy atom. The highest BCUT2D eigenvalue weighted by Gasteiger charge is 2.29. The van der Waals surface area contributed by atoms with Gasteiger partial charge in [0, 0.05) is 5.92 Å². The van der Waals surface area contributed by atoms with Crippen molar-refractivity contribution in [2.45, 2.75) is 45.4 Å². The fourth-order valence-corrected chi connectivity index (χ4v) is 3.36. The number of hydrogen-bond acceptors (Lipinski definition) is 4. The third kappa shape index (κ3) is 6.08. The highest BCUT2D eigenvalue weighted by atomic mass is 19.4. The zero-order valence-electron chi connectivity index (χ0n) is 16.7. The van der Waals surface area contributed by atoms with Crippen LogP contribution in [-0.4, -0.2) is 18.1 Å². The van der Waals surface area contributed by atoms with Crippen LogP contribution < -0.4 is 4.74 Å². The summed E-state index contributed by atoms with van der Waals surface area (Å²) >= 11 is 0. The molecule has 160 valence electrons. The van der Waals surface area contributed by atoms with Crippen LogP contribution in [0.1, 0.15) is 49.3 Å². The predicted octanol–water partition coefficient (Wildman–Crippen LogP) is 5.78. The number of carbonyl (C=O) groups excluding carboxylic acids is 1. The predicted molar refractivity (Wildman–Crippen MR) is 107 cm³/mol. The topological polar surface area (TPSA) is 47.9 Å². The van der Waals surface area contributed by atoms with Gasteiger partial charge in [-0.15, -0.1) is 0 Å². The van der Waals surface area contributed by atoms with Crippen LogP contribution in [0.5, 0.6) is 5.75 Å². The molecule has 30 heavy (non-hydrogen) atoms. The zero-order chi connectivity index (χ0) is 21.6. The van der Waals surface area contributed by atoms with Crippen LogP contribution in [0.25, 0.3) is 0 Å². The number of ketones is 1. The molecule has 0 aromatic heterocycles. The van der Waals surface area contributed by atoms with E-state index >= 15 is 0 Å². The second-order valence-electron chi connectivity index (χ2n) is 7.41. The summed E-state index contributed by atoms with van der Waals surface area (Å²) in [5.41, 5.74) is 1.33. The van der Waals surface area contributed by atoms with Crippen molar-refractivity contribution >= 4 is 11.5 Å². The number of carbonyl (C=O) groups is 1. The van der Waals surface area contributed by atoms with E-state index in [0.717, 1.165) is 43.4 Å². The molecule has 1 fully saturated rings. The minimum absolute atomic E-state index is 0.0694. The number of halogens is 3. The Morgan fingerprint density at radius 3 is 2.27 bits per heavy atom. The van der Waals surface area contributed by atoms with Gasteiger partial charge in [-0.3, -0.25) is 4.79 Å². The third-order valence-electron chi connectivity index (χ3n) is 5.18. The quantitative estimate of drug-likeness (QED) is 0.402. The molecule has 1 aliphatic carbocycles. The summed E-state index contributed by atoms with van der Waals surface area (Å²) in [6.07, 6.45) is -0.199. The van der Waals surface area contributed by atoms with Crippen molar-refractivity contribution in [3.63, 3.8) is 0 Å². The lowest BCUT2D eigenvalue weighted by Crippen LogP contribution is -2.19. The van der Waals surface area contributed by atoms with Gasteiger partial charge in [-0.1, -0.05) is 30.1 Å². The van der Waals surface area contributed by atoms with Crippen molar-refractivity contribution in [1.82, 2.24) is 0 Å². The first-order chi connectivity index (χ1) is 14.3. The Kier molecular flexibility index (Phi) is 7.13. The molecule has 0 bridgehead atoms. The minimum atomic E-state index is -4.35. The van der Waals surface area contributed by atoms with Crippen LogP contribution in [0, 0.1) is 5.92 Å². The number of alkyl halides is 3. The molecule has 0 atom stereocenters. The third-order valence-corrected chi connectivity index (χ3v) is 5.18. The maximum atomic E-state index is 12.6. The second-order valence-corrected chi connectivity index (χ2v) is 7.41. The molecule has 0 saturated heterocycles. The molecule has 2 aromatic rings. The molecule has 0 aliphatic heterocycles. The van der Waals surface area contributed by atoms with Crippen LogP contribution in [-0.2, 0) is 22.4 Å². The molecule has 0 spiro atoms. The van der Waals surface area contributed by atoms with E-state index in [-0.39, 0.29) is 24.9 Å². The standard InChI is InChI=1S/C23H24F3NO3/c1-16(27-30-14-17-6-10-20(11-7-17)23(24,25)26)18-8-12-21(13-9-18)29-15-22(28)19-4-2-3-5-19/h6-13,19H,2-5,14-15H2,1H3. The number of nitrogens with zero attached hydrogens (tertiary/aromatic N) is 1. The lowest BCUT2D eigenvalue weighted by Gasteiger charge is -2.10. The number of Topliss-reactive ketones (excluding diaryl/α,β-unsaturated/α-hetero) is 1. The molecule has 0 heterocycles. The second kappa shape index (κ2) is 9.78. The molecule has 0 N–H and O–H groups in total. The van der Waals surface area contributed by atoms with E-state index in [1.165, 1.54) is 12.1 Å². The molecular weight excluding hydrogens is 395 g/mol. The fraction of sp³-hybridized carbons (Fsp3) is 0.391. The monoisotopic (exact) mass is 419 g/mol. The Hall–Kier alpha value is -2.83. The zero-order valence-corrected chi connectivity index (χ0v) is 16.7. The van der Waals surface area contributed by atoms with Crippen molar-refractivity contribution in [3.05, 3.63) is 65.2 Å². The summed E-state index contributed by atoms with van der Waals surface area (Å²) in [6.45, 7) is 1.93. The smallest absolute Gasteiger partial charge is 0.416 e. The summed E-state index contributed by atoms with van der Waals surface area (Å²) in [6, 6.07) is 11.9. The lowest BCUT2D eigenvalue weighted by molar-refractivity contribution is -0.137. The largest absolute Gasteiger partial charge is 0.486 e. The van der Waals surface area contributed by atoms with E-state index in [4.69, 9.17) is 9.57 Å². The van der Waals surface area contributed by atoms with Crippen LogP contribution in [0.4, 0.5) is 13.2 Å². The van der Waals surface area contributed by atoms with Crippen molar-refractivity contribution in [3.8, 4) is 5.75 Å². The SMILES string of the molecule is CC(=NOCc1ccc(C(F)(F)F)cc1)c1ccc(OCC(=O)C2CCCC2)cc1. The van der Waals surface area contributed by atoms with Crippen LogP contribution in [0.3, 0.4) is 0 Å². The molecule has 1 aliphatic rings. The van der Waals surface area contributed by atoms with Gasteiger partial charge in [-0.25, -0.2) is 0 Å². The van der Waals surface area contributed by atoms with E-state index in [1.807, 2.05) is 12.1 Å². The van der Waals surface area contributed by atoms with Crippen LogP contribution in [0.15, 0.2) is 53.7 Å². The molecule has 7 heteroatoms. The van der Waals surface area contributed by atoms with Gasteiger partial charge in [0.15, 0.2) is 5.78 Å². The minimum Gasteiger partial charge on any atom is -0.486 e. The van der Waals surface area contributed by atoms with Gasteiger partial charge in [-0.2, -0.15) is 13.2 Å². The average Bonchev–Trinajstić information content (AvgIpc) is 3.27. The average molecular weight is 419 g/mol. The summed E-state index contributed by atoms with van der Waals surface area (Å²) in [4.78, 5) is 17.3. The van der Waals surface area contributed by atoms with E-state index in [2.05, 4.69) is 5.16 Å². The first-order valence-electron chi connectivity index (χ1n) is 9.91. The Morgan fingerprint density at radius 1 is 1.03 bits per heavy atom. The molecule has 1 saturated carbocycles. The van der Waals surface area contributed by atoms with Crippen molar-refractivity contribution in [1.29, 1.82) is 0 Å². The van der Waals surface area contributed by atoms with Gasteiger partial charge in [0.2, 0.25) is 0 Å². The van der Waals surface area contributed by atoms with Crippen LogP contribution >= 0.6 is 0 Å². The highest BCUT2D eigenvalue weighted by molar-refractivity contribution is 5.98. The van der Waals surface area contributed by atoms with Crippen molar-refractivity contribution < 1.29 is 27.5 Å². The summed E-state index contributed by atoms with van der Waals surface area (Å²) in [5, 5.41) is 4.02. The maximum Gasteiger partial charge on any atom is 0.416 e. The van der Waals surface area contributed by atoms with Gasteiger partial charge in [0.25, 0.3) is 0 Å². The normalized spacial score (nSPS) is 15.3. The molecule has 2 aromatic carbocycles. The number of ether oxygens (including phenoxy) is 1. The molecule has 0 unspecified atom stereocenters. The van der Waals surface area contributed by atoms with Crippen molar-refractivity contribution in [2.75, 3.05) is 6.61 Å². The lowest BCUT2D eigenvalue weighted by atomic mass is 10.0. The van der Waals surface area contributed by atoms with Crippen LogP contribution in [0.2, 0.25) is 0 Å². The van der Waals surface area contributed by atoms with E-state index in [1.54, 1.807) is 19.1 Å². The molecule has 4 nitrogen and oxygen atoms in total. The number of oxime groups is 1. The van der Waals surface area contributed by atoms with Gasteiger partial charge in [0.1, 0.15) is 19.0 Å². The fourth-order valence-electron chi connectivity index (χ4n) is 3.36. The van der Waals surface area contributed by atoms with Crippen molar-refractivity contribution in [2.24, 2.45) is 11.1 Å². The van der Waals surface area contributed by atoms with E-state index < -0.39 is 11.7 Å². The highest BCUT2D eigenvalue weighted by Crippen LogP contribution is 2.29. The first-order valence-corrected chi connectivity index (χ1v) is 9.91. The van der Waals surface area contributed by atoms with Gasteiger partial charge in [0.05, 0.1) is 11.3 Å². The Labute approximate surface area is 173 Å². The number of rotatable bonds is 8. The molecule has 0 amide bonds. The molecule has 3 rings (SSSR count). The Balaban J connectivity index is 1.48. The number of hydrogen-bond donors (Lipinski definition) is 0. The molecule has 0 radical (unpaired) electrons. The summed E-state index contributed by atoms with van der Waals surface area (Å²) < 4.78 is 43.3. The number of benzene rings is 2. The van der Waals surface area contributed by atoms with Gasteiger partial charge < -0.3 is 9.57 Å². The van der Waals surface area contributed by atoms with Gasteiger partial charge >= 0.3 is 6.18 Å². The van der Waals surface area contributed by atoms with Gasteiger partial charge in [-0.05, 0) is 67.3 Å². The van der Waals surface area contributed by atoms with E-state index in [9.17, 15) is 18.0 Å². The Bertz CT molecular complexity index is 868. The molecular formula is C23H24F3NO3. The van der Waals surface area contributed by atoms with E-state index in [0.29, 0.717) is 17.0 Å². The summed E-state index contributed by atoms with van der Waals surface area (Å²) in [7, 11) is 0. The first kappa shape index (κ1) is 21.9. The summed E-state index contributed by atoms with van der Waals surface area (Å²) in [5.74, 6) is 0.912. The maximum absolute atomic E-state index is 12.6.